The molecule has 0 amide bonds. The van der Waals surface area contributed by atoms with Crippen LogP contribution in [0, 0.1) is 0 Å². The van der Waals surface area contributed by atoms with Crippen LogP contribution in [0.3, 0.4) is 0 Å². The highest BCUT2D eigenvalue weighted by molar-refractivity contribution is 6.17. The van der Waals surface area contributed by atoms with Crippen molar-refractivity contribution in [3.05, 3.63) is 66.9 Å². The fourth-order valence-electron chi connectivity index (χ4n) is 3.55. The molecule has 28 heavy (non-hydrogen) atoms. The van der Waals surface area contributed by atoms with E-state index in [2.05, 4.69) is 37.9 Å². The number of pyridine rings is 1. The summed E-state index contributed by atoms with van der Waals surface area (Å²) in [7, 11) is 0. The SMILES string of the molecule is ClCCCn1c2ccccc2c2cc(-c3nc(-c4ccccc4)no3)ncc21. The molecule has 6 heteroatoms. The lowest BCUT2D eigenvalue weighted by Gasteiger charge is -2.05. The van der Waals surface area contributed by atoms with Crippen LogP contribution in [0.15, 0.2) is 71.4 Å². The van der Waals surface area contributed by atoms with E-state index in [4.69, 9.17) is 16.1 Å². The average molecular weight is 389 g/mol. The number of hydrogen-bond donors (Lipinski definition) is 0. The second-order valence-electron chi connectivity index (χ2n) is 6.59. The molecule has 3 aromatic heterocycles. The van der Waals surface area contributed by atoms with Gasteiger partial charge in [0.05, 0.1) is 11.7 Å². The lowest BCUT2D eigenvalue weighted by molar-refractivity contribution is 0.431. The van der Waals surface area contributed by atoms with Gasteiger partial charge in [-0.2, -0.15) is 4.98 Å². The Labute approximate surface area is 166 Å². The zero-order valence-electron chi connectivity index (χ0n) is 15.0. The monoisotopic (exact) mass is 388 g/mol. The van der Waals surface area contributed by atoms with Crippen molar-refractivity contribution < 1.29 is 4.52 Å². The molecule has 2 aromatic carbocycles. The summed E-state index contributed by atoms with van der Waals surface area (Å²) in [5.41, 5.74) is 3.84. The van der Waals surface area contributed by atoms with Gasteiger partial charge in [-0.25, -0.2) is 4.98 Å². The molecule has 0 spiro atoms. The number of fused-ring (bicyclic) bond motifs is 3. The smallest absolute Gasteiger partial charge is 0.276 e. The fourth-order valence-corrected chi connectivity index (χ4v) is 3.67. The molecule has 0 unspecified atom stereocenters. The summed E-state index contributed by atoms with van der Waals surface area (Å²) >= 11 is 5.92. The number of para-hydroxylation sites is 1. The molecule has 0 atom stereocenters. The van der Waals surface area contributed by atoms with Gasteiger partial charge in [-0.05, 0) is 18.6 Å². The molecule has 0 saturated heterocycles. The highest BCUT2D eigenvalue weighted by atomic mass is 35.5. The average Bonchev–Trinajstić information content (AvgIpc) is 3.36. The van der Waals surface area contributed by atoms with E-state index in [-0.39, 0.29) is 0 Å². The second-order valence-corrected chi connectivity index (χ2v) is 6.97. The molecule has 138 valence electrons. The highest BCUT2D eigenvalue weighted by Crippen LogP contribution is 2.31. The second kappa shape index (κ2) is 7.09. The van der Waals surface area contributed by atoms with Gasteiger partial charge in [0.15, 0.2) is 0 Å². The number of halogens is 1. The Bertz CT molecular complexity index is 1260. The quantitative estimate of drug-likeness (QED) is 0.371. The largest absolute Gasteiger partial charge is 0.339 e. The number of aryl methyl sites for hydroxylation is 1. The van der Waals surface area contributed by atoms with Crippen molar-refractivity contribution in [3.63, 3.8) is 0 Å². The van der Waals surface area contributed by atoms with E-state index < -0.39 is 0 Å². The van der Waals surface area contributed by atoms with E-state index in [9.17, 15) is 0 Å². The zero-order chi connectivity index (χ0) is 18.9. The van der Waals surface area contributed by atoms with E-state index in [1.54, 1.807) is 0 Å². The molecule has 0 N–H and O–H groups in total. The third kappa shape index (κ3) is 2.84. The third-order valence-electron chi connectivity index (χ3n) is 4.85. The lowest BCUT2D eigenvalue weighted by Crippen LogP contribution is -1.98. The maximum atomic E-state index is 5.92. The van der Waals surface area contributed by atoms with Crippen molar-refractivity contribution >= 4 is 33.4 Å². The summed E-state index contributed by atoms with van der Waals surface area (Å²) in [4.78, 5) is 9.13. The van der Waals surface area contributed by atoms with Gasteiger partial charge in [0.2, 0.25) is 5.82 Å². The minimum atomic E-state index is 0.415. The van der Waals surface area contributed by atoms with Crippen LogP contribution >= 0.6 is 11.6 Å². The molecular formula is C22H17ClN4O. The normalized spacial score (nSPS) is 11.5. The Hall–Kier alpha value is -3.18. The Morgan fingerprint density at radius 3 is 2.61 bits per heavy atom. The summed E-state index contributed by atoms with van der Waals surface area (Å²) < 4.78 is 7.76. The first-order valence-electron chi connectivity index (χ1n) is 9.17. The molecule has 3 heterocycles. The van der Waals surface area contributed by atoms with Crippen LogP contribution in [-0.4, -0.2) is 25.6 Å². The maximum absolute atomic E-state index is 5.92. The number of alkyl halides is 1. The minimum Gasteiger partial charge on any atom is -0.339 e. The van der Waals surface area contributed by atoms with Gasteiger partial charge in [-0.1, -0.05) is 53.7 Å². The Morgan fingerprint density at radius 2 is 1.75 bits per heavy atom. The van der Waals surface area contributed by atoms with Crippen molar-refractivity contribution in [2.75, 3.05) is 5.88 Å². The van der Waals surface area contributed by atoms with Crippen LogP contribution in [0.25, 0.3) is 44.8 Å². The first-order valence-corrected chi connectivity index (χ1v) is 9.71. The molecule has 5 nitrogen and oxygen atoms in total. The van der Waals surface area contributed by atoms with Crippen molar-refractivity contribution in [1.29, 1.82) is 0 Å². The van der Waals surface area contributed by atoms with Crippen LogP contribution in [-0.2, 0) is 6.54 Å². The molecule has 0 bridgehead atoms. The first-order chi connectivity index (χ1) is 13.8. The van der Waals surface area contributed by atoms with Gasteiger partial charge >= 0.3 is 0 Å². The van der Waals surface area contributed by atoms with Gasteiger partial charge in [-0.3, -0.25) is 0 Å². The third-order valence-corrected chi connectivity index (χ3v) is 5.12. The molecule has 5 rings (SSSR count). The lowest BCUT2D eigenvalue weighted by atomic mass is 10.1. The molecular weight excluding hydrogens is 372 g/mol. The van der Waals surface area contributed by atoms with Crippen LogP contribution in [0.5, 0.6) is 0 Å². The van der Waals surface area contributed by atoms with Crippen LogP contribution in [0.1, 0.15) is 6.42 Å². The standard InChI is InChI=1S/C22H17ClN4O/c23-11-6-12-27-19-10-5-4-9-16(19)17-13-18(24-14-20(17)27)22-25-21(26-28-22)15-7-2-1-3-8-15/h1-5,7-10,13-14H,6,11-12H2. The minimum absolute atomic E-state index is 0.415. The fraction of sp³-hybridized carbons (Fsp3) is 0.136. The summed E-state index contributed by atoms with van der Waals surface area (Å²) in [5, 5.41) is 6.40. The molecule has 0 saturated carbocycles. The molecule has 0 fully saturated rings. The van der Waals surface area contributed by atoms with Crippen molar-refractivity contribution in [2.24, 2.45) is 0 Å². The van der Waals surface area contributed by atoms with E-state index in [1.807, 2.05) is 48.7 Å². The number of rotatable bonds is 5. The van der Waals surface area contributed by atoms with E-state index in [0.29, 0.717) is 23.3 Å². The van der Waals surface area contributed by atoms with Crippen molar-refractivity contribution in [3.8, 4) is 23.0 Å². The molecule has 5 aromatic rings. The summed E-state index contributed by atoms with van der Waals surface area (Å²) in [5.74, 6) is 1.60. The Kier molecular flexibility index (Phi) is 4.29. The molecule has 0 aliphatic carbocycles. The van der Waals surface area contributed by atoms with Crippen LogP contribution in [0.4, 0.5) is 0 Å². The molecule has 0 aliphatic heterocycles. The predicted molar refractivity (Wildman–Crippen MR) is 111 cm³/mol. The van der Waals surface area contributed by atoms with Gasteiger partial charge in [0.25, 0.3) is 5.89 Å². The number of benzene rings is 2. The summed E-state index contributed by atoms with van der Waals surface area (Å²) in [6, 6.07) is 20.1. The van der Waals surface area contributed by atoms with Crippen molar-refractivity contribution in [2.45, 2.75) is 13.0 Å². The van der Waals surface area contributed by atoms with Gasteiger partial charge < -0.3 is 9.09 Å². The van der Waals surface area contributed by atoms with Crippen LogP contribution in [0.2, 0.25) is 0 Å². The summed E-state index contributed by atoms with van der Waals surface area (Å²) in [6.45, 7) is 0.854. The molecule has 0 radical (unpaired) electrons. The first kappa shape index (κ1) is 17.0. The van der Waals surface area contributed by atoms with Gasteiger partial charge in [0.1, 0.15) is 5.69 Å². The maximum Gasteiger partial charge on any atom is 0.276 e. The van der Waals surface area contributed by atoms with E-state index in [0.717, 1.165) is 29.4 Å². The van der Waals surface area contributed by atoms with Crippen LogP contribution < -0.4 is 0 Å². The summed E-state index contributed by atoms with van der Waals surface area (Å²) in [6.07, 6.45) is 2.78. The van der Waals surface area contributed by atoms with E-state index in [1.165, 1.54) is 10.9 Å². The molecule has 0 aliphatic rings. The van der Waals surface area contributed by atoms with Gasteiger partial charge in [0, 0.05) is 34.3 Å². The number of hydrogen-bond acceptors (Lipinski definition) is 4. The van der Waals surface area contributed by atoms with E-state index >= 15 is 0 Å². The Balaban J connectivity index is 1.63. The zero-order valence-corrected chi connectivity index (χ0v) is 15.8. The number of nitrogens with zero attached hydrogens (tertiary/aromatic N) is 4. The highest BCUT2D eigenvalue weighted by Gasteiger charge is 2.16. The van der Waals surface area contributed by atoms with Crippen molar-refractivity contribution in [1.82, 2.24) is 19.7 Å². The number of aromatic nitrogens is 4. The predicted octanol–water partition coefficient (Wildman–Crippen LogP) is 5.54. The van der Waals surface area contributed by atoms with Gasteiger partial charge in [-0.15, -0.1) is 11.6 Å². The topological polar surface area (TPSA) is 56.7 Å². The Morgan fingerprint density at radius 1 is 0.929 bits per heavy atom.